The third-order valence-corrected chi connectivity index (χ3v) is 4.27. The highest BCUT2D eigenvalue weighted by Gasteiger charge is 2.66. The average molecular weight is 260 g/mol. The molecule has 1 aliphatic carbocycles. The Morgan fingerprint density at radius 2 is 1.84 bits per heavy atom. The van der Waals surface area contributed by atoms with Crippen LogP contribution in [0.25, 0.3) is 0 Å². The second-order valence-corrected chi connectivity index (χ2v) is 6.80. The molecule has 1 fully saturated rings. The van der Waals surface area contributed by atoms with Crippen molar-refractivity contribution in [2.45, 2.75) is 47.1 Å². The zero-order valence-corrected chi connectivity index (χ0v) is 12.4. The molecule has 0 bridgehead atoms. The van der Waals surface area contributed by atoms with E-state index in [1.807, 2.05) is 30.3 Å². The summed E-state index contributed by atoms with van der Waals surface area (Å²) in [5.41, 5.74) is 0.884. The summed E-state index contributed by atoms with van der Waals surface area (Å²) in [6.07, 6.45) is 1.87. The van der Waals surface area contributed by atoms with E-state index in [1.165, 1.54) is 0 Å². The number of ether oxygens (including phenoxy) is 1. The minimum absolute atomic E-state index is 0.0185. The van der Waals surface area contributed by atoms with Crippen molar-refractivity contribution in [2.75, 3.05) is 0 Å². The van der Waals surface area contributed by atoms with Gasteiger partial charge in [0.05, 0.1) is 5.41 Å². The summed E-state index contributed by atoms with van der Waals surface area (Å²) in [4.78, 5) is 12.4. The Bertz CT molecular complexity index is 448. The molecule has 0 radical (unpaired) electrons. The van der Waals surface area contributed by atoms with Gasteiger partial charge < -0.3 is 4.74 Å². The Balaban J connectivity index is 1.99. The predicted molar refractivity (Wildman–Crippen MR) is 76.5 cm³/mol. The van der Waals surface area contributed by atoms with Gasteiger partial charge in [-0.15, -0.1) is 0 Å². The van der Waals surface area contributed by atoms with Crippen LogP contribution in [0.15, 0.2) is 30.3 Å². The van der Waals surface area contributed by atoms with Gasteiger partial charge in [0.15, 0.2) is 0 Å². The largest absolute Gasteiger partial charge is 0.460 e. The lowest BCUT2D eigenvalue weighted by molar-refractivity contribution is -0.153. The van der Waals surface area contributed by atoms with Crippen LogP contribution in [-0.2, 0) is 16.1 Å². The molecule has 2 heteroatoms. The van der Waals surface area contributed by atoms with Crippen LogP contribution < -0.4 is 0 Å². The maximum atomic E-state index is 12.4. The Labute approximate surface area is 116 Å². The summed E-state index contributed by atoms with van der Waals surface area (Å²) in [7, 11) is 0. The van der Waals surface area contributed by atoms with Gasteiger partial charge in [0.1, 0.15) is 6.61 Å². The first kappa shape index (κ1) is 14.1. The molecule has 0 amide bonds. The van der Waals surface area contributed by atoms with Crippen LogP contribution in [0.1, 0.15) is 46.1 Å². The lowest BCUT2D eigenvalue weighted by atomic mass is 9.87. The Morgan fingerprint density at radius 1 is 1.26 bits per heavy atom. The van der Waals surface area contributed by atoms with Crippen molar-refractivity contribution in [3.8, 4) is 0 Å². The van der Waals surface area contributed by atoms with E-state index in [1.54, 1.807) is 0 Å². The van der Waals surface area contributed by atoms with Crippen molar-refractivity contribution in [3.05, 3.63) is 35.9 Å². The number of carbonyl (C=O) groups is 1. The predicted octanol–water partition coefficient (Wildman–Crippen LogP) is 4.19. The summed E-state index contributed by atoms with van der Waals surface area (Å²) in [6, 6.07) is 9.87. The Morgan fingerprint density at radius 3 is 2.32 bits per heavy atom. The van der Waals surface area contributed by atoms with Crippen LogP contribution in [0, 0.1) is 16.7 Å². The van der Waals surface area contributed by atoms with Gasteiger partial charge >= 0.3 is 5.97 Å². The van der Waals surface area contributed by atoms with Crippen molar-refractivity contribution < 1.29 is 9.53 Å². The van der Waals surface area contributed by atoms with Crippen molar-refractivity contribution in [1.82, 2.24) is 0 Å². The van der Waals surface area contributed by atoms with Crippen LogP contribution in [0.5, 0.6) is 0 Å². The van der Waals surface area contributed by atoms with Crippen LogP contribution in [0.2, 0.25) is 0 Å². The summed E-state index contributed by atoms with van der Waals surface area (Å²) in [5.74, 6) is 0.501. The van der Waals surface area contributed by atoms with Crippen LogP contribution in [0.3, 0.4) is 0 Å². The van der Waals surface area contributed by atoms with E-state index in [9.17, 15) is 4.79 Å². The van der Waals surface area contributed by atoms with E-state index in [4.69, 9.17) is 4.74 Å². The number of benzene rings is 1. The fraction of sp³-hybridized carbons (Fsp3) is 0.588. The highest BCUT2D eigenvalue weighted by Crippen LogP contribution is 2.67. The fourth-order valence-electron chi connectivity index (χ4n) is 3.05. The molecule has 0 spiro atoms. The molecule has 0 aliphatic heterocycles. The quantitative estimate of drug-likeness (QED) is 0.742. The topological polar surface area (TPSA) is 26.3 Å². The first-order valence-electron chi connectivity index (χ1n) is 7.08. The second-order valence-electron chi connectivity index (χ2n) is 6.80. The SMILES string of the molecule is CC(C)CC1(C(=O)OCc2ccccc2)CC1(C)C. The van der Waals surface area contributed by atoms with Gasteiger partial charge in [0, 0.05) is 0 Å². The summed E-state index contributed by atoms with van der Waals surface area (Å²) in [5, 5.41) is 0. The molecular weight excluding hydrogens is 236 g/mol. The molecular formula is C17H24O2. The smallest absolute Gasteiger partial charge is 0.312 e. The monoisotopic (exact) mass is 260 g/mol. The lowest BCUT2D eigenvalue weighted by Gasteiger charge is -2.21. The molecule has 19 heavy (non-hydrogen) atoms. The highest BCUT2D eigenvalue weighted by molar-refractivity contribution is 5.81. The van der Waals surface area contributed by atoms with Gasteiger partial charge in [0.2, 0.25) is 0 Å². The molecule has 1 saturated carbocycles. The summed E-state index contributed by atoms with van der Waals surface area (Å²) in [6.45, 7) is 9.05. The molecule has 2 nitrogen and oxygen atoms in total. The van der Waals surface area contributed by atoms with Crippen LogP contribution in [-0.4, -0.2) is 5.97 Å². The van der Waals surface area contributed by atoms with E-state index >= 15 is 0 Å². The van der Waals surface area contributed by atoms with E-state index in [0.29, 0.717) is 12.5 Å². The average Bonchev–Trinajstić information content (AvgIpc) is 2.89. The summed E-state index contributed by atoms with van der Waals surface area (Å²) < 4.78 is 5.55. The van der Waals surface area contributed by atoms with Gasteiger partial charge in [-0.2, -0.15) is 0 Å². The van der Waals surface area contributed by atoms with E-state index in [0.717, 1.165) is 18.4 Å². The first-order valence-corrected chi connectivity index (χ1v) is 7.08. The molecule has 1 aliphatic rings. The number of esters is 1. The number of rotatable bonds is 5. The molecule has 2 rings (SSSR count). The lowest BCUT2D eigenvalue weighted by Crippen LogP contribution is -2.25. The van der Waals surface area contributed by atoms with Gasteiger partial charge in [-0.25, -0.2) is 0 Å². The third-order valence-electron chi connectivity index (χ3n) is 4.27. The van der Waals surface area contributed by atoms with Gasteiger partial charge in [0.25, 0.3) is 0 Å². The highest BCUT2D eigenvalue weighted by atomic mass is 16.5. The molecule has 1 unspecified atom stereocenters. The second kappa shape index (κ2) is 4.99. The Hall–Kier alpha value is -1.31. The zero-order valence-electron chi connectivity index (χ0n) is 12.4. The van der Waals surface area contributed by atoms with Crippen molar-refractivity contribution in [3.63, 3.8) is 0 Å². The maximum absolute atomic E-state index is 12.4. The van der Waals surface area contributed by atoms with E-state index < -0.39 is 0 Å². The molecule has 1 atom stereocenters. The van der Waals surface area contributed by atoms with E-state index in [-0.39, 0.29) is 16.8 Å². The van der Waals surface area contributed by atoms with Crippen molar-refractivity contribution >= 4 is 5.97 Å². The zero-order chi connectivity index (χ0) is 14.1. The molecule has 0 N–H and O–H groups in total. The Kier molecular flexibility index (Phi) is 3.71. The third kappa shape index (κ3) is 2.83. The van der Waals surface area contributed by atoms with Crippen LogP contribution >= 0.6 is 0 Å². The van der Waals surface area contributed by atoms with Crippen molar-refractivity contribution in [1.29, 1.82) is 0 Å². The fourth-order valence-corrected chi connectivity index (χ4v) is 3.05. The normalized spacial score (nSPS) is 24.3. The molecule has 1 aromatic carbocycles. The van der Waals surface area contributed by atoms with Crippen LogP contribution in [0.4, 0.5) is 0 Å². The minimum Gasteiger partial charge on any atom is -0.460 e. The molecule has 0 aromatic heterocycles. The minimum atomic E-state index is -0.254. The molecule has 104 valence electrons. The number of hydrogen-bond acceptors (Lipinski definition) is 2. The molecule has 0 heterocycles. The summed E-state index contributed by atoms with van der Waals surface area (Å²) >= 11 is 0. The maximum Gasteiger partial charge on any atom is 0.312 e. The van der Waals surface area contributed by atoms with Crippen molar-refractivity contribution in [2.24, 2.45) is 16.7 Å². The molecule has 0 saturated heterocycles. The van der Waals surface area contributed by atoms with Gasteiger partial charge in [-0.1, -0.05) is 58.0 Å². The molecule has 1 aromatic rings. The first-order chi connectivity index (χ1) is 8.87. The number of hydrogen-bond donors (Lipinski definition) is 0. The standard InChI is InChI=1S/C17H24O2/c1-13(2)10-17(12-16(17,3)4)15(18)19-11-14-8-6-5-7-9-14/h5-9,13H,10-12H2,1-4H3. The number of carbonyl (C=O) groups excluding carboxylic acids is 1. The van der Waals surface area contributed by atoms with Gasteiger partial charge in [-0.05, 0) is 29.7 Å². The van der Waals surface area contributed by atoms with Gasteiger partial charge in [-0.3, -0.25) is 4.79 Å². The van der Waals surface area contributed by atoms with E-state index in [2.05, 4.69) is 27.7 Å².